The van der Waals surface area contributed by atoms with Crippen LogP contribution in [0.3, 0.4) is 0 Å². The molecule has 2 aliphatic carbocycles. The van der Waals surface area contributed by atoms with Gasteiger partial charge in [-0.25, -0.2) is 0 Å². The van der Waals surface area contributed by atoms with Crippen LogP contribution >= 0.6 is 0 Å². The minimum Gasteiger partial charge on any atom is -0.193 e. The molecule has 62 valence electrons. The Morgan fingerprint density at radius 3 is 3.00 bits per heavy atom. The number of hydrogen-bond acceptors (Lipinski definition) is 1. The minimum absolute atomic E-state index is 0.717. The molecular formula is C11H13N. The van der Waals surface area contributed by atoms with Gasteiger partial charge in [-0.1, -0.05) is 25.0 Å². The first-order valence-corrected chi connectivity index (χ1v) is 4.65. The highest BCUT2D eigenvalue weighted by atomic mass is 14.4. The van der Waals surface area contributed by atoms with E-state index < -0.39 is 0 Å². The summed E-state index contributed by atoms with van der Waals surface area (Å²) < 4.78 is 0. The van der Waals surface area contributed by atoms with E-state index in [1.807, 2.05) is 6.08 Å². The zero-order chi connectivity index (χ0) is 8.55. The Balaban J connectivity index is 2.13. The molecule has 0 N–H and O–H groups in total. The van der Waals surface area contributed by atoms with Crippen molar-refractivity contribution in [3.8, 4) is 6.07 Å². The van der Waals surface area contributed by atoms with Gasteiger partial charge in [-0.2, -0.15) is 5.26 Å². The van der Waals surface area contributed by atoms with Crippen molar-refractivity contribution in [2.45, 2.75) is 26.2 Å². The van der Waals surface area contributed by atoms with Gasteiger partial charge in [0.2, 0.25) is 0 Å². The summed E-state index contributed by atoms with van der Waals surface area (Å²) in [5, 5.41) is 8.73. The van der Waals surface area contributed by atoms with Gasteiger partial charge in [0.05, 0.1) is 6.07 Å². The Hall–Kier alpha value is -1.03. The summed E-state index contributed by atoms with van der Waals surface area (Å²) >= 11 is 0. The summed E-state index contributed by atoms with van der Waals surface area (Å²) in [5.74, 6) is 1.57. The lowest BCUT2D eigenvalue weighted by atomic mass is 9.64. The zero-order valence-electron chi connectivity index (χ0n) is 7.38. The normalized spacial score (nSPS) is 32.3. The maximum atomic E-state index is 8.73. The first-order valence-electron chi connectivity index (χ1n) is 4.65. The third-order valence-corrected chi connectivity index (χ3v) is 3.15. The molecule has 1 fully saturated rings. The van der Waals surface area contributed by atoms with Crippen LogP contribution in [0.2, 0.25) is 0 Å². The van der Waals surface area contributed by atoms with Crippen molar-refractivity contribution in [2.24, 2.45) is 11.8 Å². The molecule has 1 saturated carbocycles. The maximum absolute atomic E-state index is 8.73. The van der Waals surface area contributed by atoms with E-state index in [1.165, 1.54) is 12.8 Å². The molecule has 2 aliphatic rings. The van der Waals surface area contributed by atoms with Gasteiger partial charge in [0, 0.05) is 5.57 Å². The Morgan fingerprint density at radius 2 is 2.33 bits per heavy atom. The average Bonchev–Trinajstić information content (AvgIpc) is 2.08. The summed E-state index contributed by atoms with van der Waals surface area (Å²) in [5.41, 5.74) is 2.53. The molecule has 0 spiro atoms. The summed E-state index contributed by atoms with van der Waals surface area (Å²) in [6.45, 7) is 2.24. The van der Waals surface area contributed by atoms with E-state index in [4.69, 9.17) is 5.26 Å². The van der Waals surface area contributed by atoms with Gasteiger partial charge in [-0.15, -0.1) is 0 Å². The van der Waals surface area contributed by atoms with Crippen molar-refractivity contribution in [1.82, 2.24) is 0 Å². The number of rotatable bonds is 1. The fourth-order valence-electron chi connectivity index (χ4n) is 2.25. The Labute approximate surface area is 73.4 Å². The molecule has 0 aromatic rings. The van der Waals surface area contributed by atoms with Crippen LogP contribution in [0.4, 0.5) is 0 Å². The second-order valence-corrected chi connectivity index (χ2v) is 3.73. The van der Waals surface area contributed by atoms with Crippen molar-refractivity contribution in [3.63, 3.8) is 0 Å². The van der Waals surface area contributed by atoms with Gasteiger partial charge >= 0.3 is 0 Å². The molecule has 0 radical (unpaired) electrons. The summed E-state index contributed by atoms with van der Waals surface area (Å²) in [6.07, 6.45) is 7.68. The lowest BCUT2D eigenvalue weighted by Crippen LogP contribution is -2.30. The topological polar surface area (TPSA) is 23.8 Å². The van der Waals surface area contributed by atoms with Crippen LogP contribution < -0.4 is 0 Å². The van der Waals surface area contributed by atoms with Gasteiger partial charge in [-0.05, 0) is 30.8 Å². The molecule has 0 heterocycles. The molecule has 2 unspecified atom stereocenters. The van der Waals surface area contributed by atoms with Gasteiger partial charge in [0.15, 0.2) is 0 Å². The van der Waals surface area contributed by atoms with Crippen LogP contribution in [0.25, 0.3) is 0 Å². The Kier molecular flexibility index (Phi) is 1.77. The fraction of sp³-hybridized carbons (Fsp3) is 0.545. The fourth-order valence-corrected chi connectivity index (χ4v) is 2.25. The highest BCUT2D eigenvalue weighted by Gasteiger charge is 2.35. The van der Waals surface area contributed by atoms with Gasteiger partial charge < -0.3 is 0 Å². The van der Waals surface area contributed by atoms with Crippen molar-refractivity contribution >= 4 is 0 Å². The van der Waals surface area contributed by atoms with Crippen LogP contribution in [0.1, 0.15) is 26.2 Å². The zero-order valence-corrected chi connectivity index (χ0v) is 7.38. The average molecular weight is 159 g/mol. The van der Waals surface area contributed by atoms with Gasteiger partial charge in [-0.3, -0.25) is 0 Å². The maximum Gasteiger partial charge on any atom is 0.0947 e. The van der Waals surface area contributed by atoms with Crippen molar-refractivity contribution in [2.75, 3.05) is 0 Å². The minimum atomic E-state index is 0.717. The number of allylic oxidation sites excluding steroid dienone is 4. The number of hydrogen-bond donors (Lipinski definition) is 0. The molecule has 2 rings (SSSR count). The molecule has 0 aromatic carbocycles. The first-order chi connectivity index (χ1) is 5.85. The van der Waals surface area contributed by atoms with E-state index in [0.29, 0.717) is 0 Å². The van der Waals surface area contributed by atoms with Crippen LogP contribution in [-0.2, 0) is 0 Å². The molecule has 1 heteroatoms. The van der Waals surface area contributed by atoms with Gasteiger partial charge in [0.25, 0.3) is 0 Å². The van der Waals surface area contributed by atoms with Crippen LogP contribution in [0, 0.1) is 23.2 Å². The Bertz CT molecular complexity index is 291. The van der Waals surface area contributed by atoms with Crippen LogP contribution in [0.5, 0.6) is 0 Å². The second kappa shape index (κ2) is 2.79. The molecular weight excluding hydrogens is 146 g/mol. The lowest BCUT2D eigenvalue weighted by molar-refractivity contribution is 0.262. The molecule has 2 atom stereocenters. The molecule has 1 nitrogen and oxygen atoms in total. The van der Waals surface area contributed by atoms with Crippen molar-refractivity contribution in [1.29, 1.82) is 5.26 Å². The predicted molar refractivity (Wildman–Crippen MR) is 48.3 cm³/mol. The molecule has 0 bridgehead atoms. The van der Waals surface area contributed by atoms with E-state index in [1.54, 1.807) is 5.57 Å². The highest BCUT2D eigenvalue weighted by Crippen LogP contribution is 2.47. The van der Waals surface area contributed by atoms with E-state index in [2.05, 4.69) is 19.1 Å². The van der Waals surface area contributed by atoms with E-state index in [0.717, 1.165) is 23.8 Å². The highest BCUT2D eigenvalue weighted by molar-refractivity contribution is 5.38. The van der Waals surface area contributed by atoms with Crippen LogP contribution in [-0.4, -0.2) is 0 Å². The second-order valence-electron chi connectivity index (χ2n) is 3.73. The smallest absolute Gasteiger partial charge is 0.0947 e. The van der Waals surface area contributed by atoms with E-state index >= 15 is 0 Å². The van der Waals surface area contributed by atoms with Gasteiger partial charge in [0.1, 0.15) is 0 Å². The van der Waals surface area contributed by atoms with Crippen molar-refractivity contribution in [3.05, 3.63) is 23.3 Å². The van der Waals surface area contributed by atoms with E-state index in [-0.39, 0.29) is 0 Å². The third-order valence-electron chi connectivity index (χ3n) is 3.15. The molecule has 0 aromatic heterocycles. The molecule has 0 aliphatic heterocycles. The quantitative estimate of drug-likeness (QED) is 0.577. The Morgan fingerprint density at radius 1 is 1.50 bits per heavy atom. The molecule has 0 amide bonds. The number of nitrogens with zero attached hydrogens (tertiary/aromatic N) is 1. The summed E-state index contributed by atoms with van der Waals surface area (Å²) in [7, 11) is 0. The van der Waals surface area contributed by atoms with E-state index in [9.17, 15) is 0 Å². The number of nitriles is 1. The third kappa shape index (κ3) is 0.992. The lowest BCUT2D eigenvalue weighted by Gasteiger charge is -2.41. The SMILES string of the molecule is CCC1CC2=CC=C(C#N)CC21. The first kappa shape index (κ1) is 7.61. The van der Waals surface area contributed by atoms with Crippen LogP contribution in [0.15, 0.2) is 23.3 Å². The largest absolute Gasteiger partial charge is 0.193 e. The number of fused-ring (bicyclic) bond motifs is 1. The standard InChI is InChI=1S/C11H13N/c1-2-9-6-10-4-3-8(7-12)5-11(9)10/h3-4,9,11H,2,5-6H2,1H3. The predicted octanol–water partition coefficient (Wildman–Crippen LogP) is 2.81. The monoisotopic (exact) mass is 159 g/mol. The molecule has 0 saturated heterocycles. The summed E-state index contributed by atoms with van der Waals surface area (Å²) in [4.78, 5) is 0. The van der Waals surface area contributed by atoms with Crippen molar-refractivity contribution < 1.29 is 0 Å². The molecule has 12 heavy (non-hydrogen) atoms. The summed E-state index contributed by atoms with van der Waals surface area (Å²) in [6, 6.07) is 2.25.